The number of rotatable bonds is 12. The molecule has 24 nitrogen and oxygen atoms in total. The Labute approximate surface area is 341 Å². The number of fused-ring (bicyclic) bond motifs is 4. The van der Waals surface area contributed by atoms with E-state index in [2.05, 4.69) is 24.5 Å². The van der Waals surface area contributed by atoms with Gasteiger partial charge in [-0.2, -0.15) is 27.0 Å². The maximum atomic E-state index is 12.8. The molecule has 0 radical (unpaired) electrons. The van der Waals surface area contributed by atoms with Crippen LogP contribution in [0.3, 0.4) is 0 Å². The van der Waals surface area contributed by atoms with Crippen LogP contribution in [0.4, 0.5) is 14.4 Å². The second-order valence-electron chi connectivity index (χ2n) is 16.1. The molecule has 0 unspecified atom stereocenters. The van der Waals surface area contributed by atoms with Crippen molar-refractivity contribution >= 4 is 62.3 Å². The van der Waals surface area contributed by atoms with Crippen molar-refractivity contribution in [2.75, 3.05) is 39.3 Å². The number of ketones is 2. The third kappa shape index (κ3) is 12.0. The van der Waals surface area contributed by atoms with Crippen molar-refractivity contribution < 1.29 is 72.8 Å². The molecule has 59 heavy (non-hydrogen) atoms. The van der Waals surface area contributed by atoms with E-state index in [9.17, 15) is 50.4 Å². The Kier molecular flexibility index (Phi) is 14.5. The number of nitrogens with one attached hydrogen (secondary N) is 3. The molecule has 6 fully saturated rings. The number of hydroxylamine groups is 4. The number of Topliss-reactive ketones (excluding diaryl/α,β-unsaturated/α-hetero) is 2. The molecule has 7 amide bonds. The molecular formula is C33H52N8O16S2. The topological polar surface area (TPSA) is 308 Å². The Bertz CT molecular complexity index is 1870. The lowest BCUT2D eigenvalue weighted by molar-refractivity contribution is -0.130. The second-order valence-corrected chi connectivity index (χ2v) is 18.1. The Morgan fingerprint density at radius 1 is 0.695 bits per heavy atom. The molecule has 6 aliphatic rings. The van der Waals surface area contributed by atoms with Gasteiger partial charge in [0.15, 0.2) is 11.6 Å². The normalized spacial score (nSPS) is 27.2. The summed E-state index contributed by atoms with van der Waals surface area (Å²) in [6, 6.07) is -5.51. The predicted octanol–water partition coefficient (Wildman–Crippen LogP) is -0.719. The van der Waals surface area contributed by atoms with Crippen LogP contribution in [-0.4, -0.2) is 173 Å². The van der Waals surface area contributed by atoms with E-state index in [4.69, 9.17) is 13.8 Å². The number of carbonyl (C=O) groups excluding carboxylic acids is 7. The van der Waals surface area contributed by atoms with E-state index in [1.165, 1.54) is 9.80 Å². The zero-order valence-electron chi connectivity index (χ0n) is 32.9. The molecule has 0 aromatic heterocycles. The number of piperidine rings is 4. The Morgan fingerprint density at radius 2 is 1.19 bits per heavy atom. The van der Waals surface area contributed by atoms with E-state index >= 15 is 0 Å². The number of hydrogen-bond donors (Lipinski definition) is 5. The van der Waals surface area contributed by atoms with Crippen LogP contribution >= 0.6 is 0 Å². The van der Waals surface area contributed by atoms with Crippen LogP contribution in [0, 0.1) is 0 Å². The van der Waals surface area contributed by atoms with Crippen LogP contribution in [0.15, 0.2) is 0 Å². The average molecular weight is 881 g/mol. The van der Waals surface area contributed by atoms with Gasteiger partial charge in [0.1, 0.15) is 17.7 Å². The van der Waals surface area contributed by atoms with Gasteiger partial charge < -0.3 is 30.5 Å². The van der Waals surface area contributed by atoms with Crippen molar-refractivity contribution in [3.05, 3.63) is 0 Å². The fourth-order valence-electron chi connectivity index (χ4n) is 7.97. The van der Waals surface area contributed by atoms with Crippen LogP contribution in [0.2, 0.25) is 0 Å². The molecule has 4 bridgehead atoms. The summed E-state index contributed by atoms with van der Waals surface area (Å²) >= 11 is 0. The van der Waals surface area contributed by atoms with Crippen molar-refractivity contribution in [1.29, 1.82) is 0 Å². The number of carbonyl (C=O) groups is 7. The molecule has 6 saturated heterocycles. The molecule has 0 aromatic rings. The first-order valence-corrected chi connectivity index (χ1v) is 22.1. The molecule has 6 heterocycles. The minimum absolute atomic E-state index is 0.0510. The van der Waals surface area contributed by atoms with E-state index in [-0.39, 0.29) is 56.6 Å². The fourth-order valence-corrected chi connectivity index (χ4v) is 8.74. The molecule has 332 valence electrons. The quantitative estimate of drug-likeness (QED) is 0.151. The SMILES string of the molecule is CC(C)(C)OC(=O)N1CCCC[C@H]1C(=O)CNC(=O)[C@@H]1CC[C@@H]2CN1C(=O)N2OS(=O)(=O)O.O=C(CNC(=O)[C@@H]1CC[C@@H]2CN1C(=O)N2OS(=O)(=O)O)[C@@H]1CCCCN1. The number of likely N-dealkylation sites (tertiary alicyclic amines) is 1. The number of nitrogens with zero attached hydrogens (tertiary/aromatic N) is 5. The van der Waals surface area contributed by atoms with E-state index in [0.29, 0.717) is 35.9 Å². The molecule has 0 aliphatic carbocycles. The number of urea groups is 2. The maximum absolute atomic E-state index is 12.8. The minimum Gasteiger partial charge on any atom is -0.444 e. The number of hydrogen-bond acceptors (Lipinski definition) is 15. The maximum Gasteiger partial charge on any atom is 0.418 e. The molecule has 6 rings (SSSR count). The van der Waals surface area contributed by atoms with Gasteiger partial charge in [0, 0.05) is 19.6 Å². The van der Waals surface area contributed by atoms with Gasteiger partial charge in [0.2, 0.25) is 11.8 Å². The molecule has 5 N–H and O–H groups in total. The van der Waals surface area contributed by atoms with Crippen LogP contribution in [-0.2, 0) is 53.3 Å². The average Bonchev–Trinajstić information content (AvgIpc) is 3.53. The summed E-state index contributed by atoms with van der Waals surface area (Å²) in [7, 11) is -9.71. The summed E-state index contributed by atoms with van der Waals surface area (Å²) in [4.78, 5) is 91.0. The lowest BCUT2D eigenvalue weighted by atomic mass is 9.98. The van der Waals surface area contributed by atoms with Crippen LogP contribution in [0.5, 0.6) is 0 Å². The van der Waals surface area contributed by atoms with E-state index in [1.54, 1.807) is 20.8 Å². The highest BCUT2D eigenvalue weighted by atomic mass is 32.3. The summed E-state index contributed by atoms with van der Waals surface area (Å²) in [5, 5.41) is 9.35. The lowest BCUT2D eigenvalue weighted by Gasteiger charge is -2.36. The lowest BCUT2D eigenvalue weighted by Crippen LogP contribution is -2.54. The summed E-state index contributed by atoms with van der Waals surface area (Å²) < 4.78 is 75.4. The molecule has 6 aliphatic heterocycles. The predicted molar refractivity (Wildman–Crippen MR) is 199 cm³/mol. The van der Waals surface area contributed by atoms with Crippen LogP contribution in [0.1, 0.15) is 85.0 Å². The molecule has 6 atom stereocenters. The van der Waals surface area contributed by atoms with E-state index in [1.807, 2.05) is 0 Å². The van der Waals surface area contributed by atoms with Gasteiger partial charge >= 0.3 is 39.0 Å². The van der Waals surface area contributed by atoms with Gasteiger partial charge in [-0.1, -0.05) is 6.42 Å². The summed E-state index contributed by atoms with van der Waals surface area (Å²) in [6.07, 6.45) is 5.29. The van der Waals surface area contributed by atoms with Crippen LogP contribution < -0.4 is 16.0 Å². The highest BCUT2D eigenvalue weighted by molar-refractivity contribution is 7.81. The summed E-state index contributed by atoms with van der Waals surface area (Å²) in [5.74, 6) is -1.47. The molecular weight excluding hydrogens is 829 g/mol. The Balaban J connectivity index is 0.000000230. The standard InChI is InChI=1S/C19H30N4O9S.C14H22N4O7S/c1-19(2,3)31-18(27)21-9-5-4-6-13(21)15(24)10-20-16(25)14-8-7-12-11-22(14)17(26)23(12)32-33(28,29)30;19-12(10-3-1-2-6-15-10)7-16-13(20)11-5-4-9-8-17(11)14(21)18(9)25-26(22,23)24/h12-14H,4-11H2,1-3H3,(H,20,25)(H,28,29,30);9-11,15H,1-8H2,(H,16,20)(H,22,23,24)/t12-,13+,14+;9-,10+,11+/m11/s1. The van der Waals surface area contributed by atoms with E-state index in [0.717, 1.165) is 43.5 Å². The molecule has 0 saturated carbocycles. The Hall–Kier alpha value is -4.21. The number of amides is 7. The van der Waals surface area contributed by atoms with Crippen molar-refractivity contribution in [3.63, 3.8) is 0 Å². The second kappa shape index (κ2) is 18.6. The van der Waals surface area contributed by atoms with Crippen molar-refractivity contribution in [2.45, 2.75) is 127 Å². The number of ether oxygens (including phenoxy) is 1. The van der Waals surface area contributed by atoms with Gasteiger partial charge in [0.25, 0.3) is 0 Å². The first-order chi connectivity index (χ1) is 27.5. The van der Waals surface area contributed by atoms with Crippen LogP contribution in [0.25, 0.3) is 0 Å². The van der Waals surface area contributed by atoms with Gasteiger partial charge in [-0.3, -0.25) is 33.2 Å². The summed E-state index contributed by atoms with van der Waals surface area (Å²) in [5.41, 5.74) is -0.704. The van der Waals surface area contributed by atoms with E-state index < -0.39 is 86.6 Å². The van der Waals surface area contributed by atoms with Crippen molar-refractivity contribution in [1.82, 2.24) is 40.8 Å². The largest absolute Gasteiger partial charge is 0.444 e. The Morgan fingerprint density at radius 3 is 1.64 bits per heavy atom. The first kappa shape index (κ1) is 45.9. The fraction of sp³-hybridized carbons (Fsp3) is 0.788. The zero-order valence-corrected chi connectivity index (χ0v) is 34.6. The van der Waals surface area contributed by atoms with Gasteiger partial charge in [-0.25, -0.2) is 14.4 Å². The molecule has 0 aromatic carbocycles. The van der Waals surface area contributed by atoms with Gasteiger partial charge in [-0.15, -0.1) is 8.57 Å². The minimum atomic E-state index is -4.88. The molecule has 0 spiro atoms. The van der Waals surface area contributed by atoms with Crippen molar-refractivity contribution in [3.8, 4) is 0 Å². The van der Waals surface area contributed by atoms with Crippen molar-refractivity contribution in [2.24, 2.45) is 0 Å². The summed E-state index contributed by atoms with van der Waals surface area (Å²) in [6.45, 7) is 6.10. The third-order valence-electron chi connectivity index (χ3n) is 10.7. The monoisotopic (exact) mass is 880 g/mol. The molecule has 26 heteroatoms. The van der Waals surface area contributed by atoms with Gasteiger partial charge in [0.05, 0.1) is 37.3 Å². The smallest absolute Gasteiger partial charge is 0.418 e. The zero-order chi connectivity index (χ0) is 43.4. The van der Waals surface area contributed by atoms with Gasteiger partial charge in [-0.05, 0) is 85.1 Å². The highest BCUT2D eigenvalue weighted by Crippen LogP contribution is 2.32. The first-order valence-electron chi connectivity index (χ1n) is 19.4. The highest BCUT2D eigenvalue weighted by Gasteiger charge is 2.51. The third-order valence-corrected chi connectivity index (χ3v) is 11.4.